The second-order valence-electron chi connectivity index (χ2n) is 4.73. The van der Waals surface area contributed by atoms with Gasteiger partial charge < -0.3 is 11.1 Å². The lowest BCUT2D eigenvalue weighted by Crippen LogP contribution is -2.41. The number of carbonyl (C=O) groups excluding carboxylic acids is 1. The van der Waals surface area contributed by atoms with E-state index in [-0.39, 0.29) is 11.9 Å². The molecule has 0 bridgehead atoms. The van der Waals surface area contributed by atoms with Gasteiger partial charge in [0.1, 0.15) is 5.01 Å². The molecule has 0 radical (unpaired) electrons. The highest BCUT2D eigenvalue weighted by molar-refractivity contribution is 7.09. The minimum absolute atomic E-state index is 0.0923. The highest BCUT2D eigenvalue weighted by Crippen LogP contribution is 2.14. The van der Waals surface area contributed by atoms with E-state index >= 15 is 0 Å². The molecule has 2 rings (SSSR count). The molecule has 5 heteroatoms. The van der Waals surface area contributed by atoms with Crippen molar-refractivity contribution in [3.63, 3.8) is 0 Å². The minimum Gasteiger partial charge on any atom is -0.346 e. The summed E-state index contributed by atoms with van der Waals surface area (Å²) < 4.78 is 0. The van der Waals surface area contributed by atoms with Crippen LogP contribution in [0.5, 0.6) is 0 Å². The maximum Gasteiger partial charge on any atom is 0.237 e. The number of carbonyl (C=O) groups is 1. The number of aryl methyl sites for hydroxylation is 1. The SMILES string of the molecule is CC(NC(=O)C(N)CCc1ccccc1)c1nccs1. The van der Waals surface area contributed by atoms with Gasteiger partial charge in [-0.15, -0.1) is 11.3 Å². The van der Waals surface area contributed by atoms with Crippen molar-refractivity contribution >= 4 is 17.2 Å². The van der Waals surface area contributed by atoms with E-state index in [9.17, 15) is 4.79 Å². The Bertz CT molecular complexity index is 527. The summed E-state index contributed by atoms with van der Waals surface area (Å²) in [6.07, 6.45) is 3.18. The molecule has 1 amide bonds. The second kappa shape index (κ2) is 7.17. The molecule has 2 atom stereocenters. The standard InChI is InChI=1S/C15H19N3OS/c1-11(15-17-9-10-20-15)18-14(19)13(16)8-7-12-5-3-2-4-6-12/h2-6,9-11,13H,7-8,16H2,1H3,(H,18,19). The lowest BCUT2D eigenvalue weighted by molar-refractivity contribution is -0.123. The predicted molar refractivity (Wildman–Crippen MR) is 81.4 cm³/mol. The molecule has 2 unspecified atom stereocenters. The Hall–Kier alpha value is -1.72. The number of benzene rings is 1. The summed E-state index contributed by atoms with van der Waals surface area (Å²) in [7, 11) is 0. The van der Waals surface area contributed by atoms with Gasteiger partial charge in [0.05, 0.1) is 12.1 Å². The summed E-state index contributed by atoms with van der Waals surface area (Å²) in [6, 6.07) is 9.47. The van der Waals surface area contributed by atoms with Crippen LogP contribution in [0.1, 0.15) is 30.0 Å². The fourth-order valence-electron chi connectivity index (χ4n) is 1.93. The number of nitrogens with two attached hydrogens (primary N) is 1. The molecule has 0 fully saturated rings. The third-order valence-electron chi connectivity index (χ3n) is 3.10. The van der Waals surface area contributed by atoms with Gasteiger partial charge >= 0.3 is 0 Å². The largest absolute Gasteiger partial charge is 0.346 e. The van der Waals surface area contributed by atoms with Gasteiger partial charge in [-0.1, -0.05) is 30.3 Å². The fourth-order valence-corrected chi connectivity index (χ4v) is 2.57. The van der Waals surface area contributed by atoms with Crippen molar-refractivity contribution in [1.82, 2.24) is 10.3 Å². The average molecular weight is 289 g/mol. The fraction of sp³-hybridized carbons (Fsp3) is 0.333. The van der Waals surface area contributed by atoms with E-state index in [0.717, 1.165) is 11.4 Å². The topological polar surface area (TPSA) is 68.0 Å². The quantitative estimate of drug-likeness (QED) is 0.857. The third-order valence-corrected chi connectivity index (χ3v) is 4.06. The second-order valence-corrected chi connectivity index (χ2v) is 5.66. The van der Waals surface area contributed by atoms with Gasteiger partial charge in [0.25, 0.3) is 0 Å². The Balaban J connectivity index is 1.80. The normalized spacial score (nSPS) is 13.7. The molecule has 106 valence electrons. The van der Waals surface area contributed by atoms with Gasteiger partial charge in [-0.05, 0) is 25.3 Å². The zero-order chi connectivity index (χ0) is 14.4. The molecule has 20 heavy (non-hydrogen) atoms. The van der Waals surface area contributed by atoms with Crippen LogP contribution in [0.4, 0.5) is 0 Å². The van der Waals surface area contributed by atoms with E-state index in [0.29, 0.717) is 6.42 Å². The van der Waals surface area contributed by atoms with Crippen LogP contribution in [0.25, 0.3) is 0 Å². The first kappa shape index (κ1) is 14.7. The molecule has 0 aliphatic heterocycles. The van der Waals surface area contributed by atoms with E-state index in [1.165, 1.54) is 16.9 Å². The molecule has 1 heterocycles. The Morgan fingerprint density at radius 1 is 1.40 bits per heavy atom. The van der Waals surface area contributed by atoms with Crippen LogP contribution in [0.3, 0.4) is 0 Å². The van der Waals surface area contributed by atoms with E-state index in [1.54, 1.807) is 6.20 Å². The average Bonchev–Trinajstić information content (AvgIpc) is 3.00. The smallest absolute Gasteiger partial charge is 0.237 e. The summed E-state index contributed by atoms with van der Waals surface area (Å²) in [6.45, 7) is 1.92. The first-order valence-electron chi connectivity index (χ1n) is 6.66. The van der Waals surface area contributed by atoms with Crippen LogP contribution in [0, 0.1) is 0 Å². The highest BCUT2D eigenvalue weighted by atomic mass is 32.1. The zero-order valence-electron chi connectivity index (χ0n) is 11.5. The Morgan fingerprint density at radius 2 is 2.15 bits per heavy atom. The number of aromatic nitrogens is 1. The van der Waals surface area contributed by atoms with Crippen LogP contribution < -0.4 is 11.1 Å². The number of nitrogens with one attached hydrogen (secondary N) is 1. The van der Waals surface area contributed by atoms with Gasteiger partial charge in [0, 0.05) is 11.6 Å². The van der Waals surface area contributed by atoms with Crippen molar-refractivity contribution in [3.05, 3.63) is 52.5 Å². The van der Waals surface area contributed by atoms with E-state index < -0.39 is 6.04 Å². The summed E-state index contributed by atoms with van der Waals surface area (Å²) in [5, 5.41) is 5.70. The summed E-state index contributed by atoms with van der Waals surface area (Å²) in [5.74, 6) is -0.122. The number of hydrogen-bond donors (Lipinski definition) is 2. The van der Waals surface area contributed by atoms with Crippen molar-refractivity contribution in [2.45, 2.75) is 31.8 Å². The number of thiazole rings is 1. The molecular weight excluding hydrogens is 270 g/mol. The van der Waals surface area contributed by atoms with E-state index in [4.69, 9.17) is 5.73 Å². The first-order valence-corrected chi connectivity index (χ1v) is 7.54. The Labute approximate surface area is 123 Å². The van der Waals surface area contributed by atoms with Crippen molar-refractivity contribution in [2.24, 2.45) is 5.73 Å². The molecule has 1 aromatic heterocycles. The molecule has 0 aliphatic carbocycles. The molecule has 0 aliphatic rings. The maximum atomic E-state index is 12.0. The number of hydrogen-bond acceptors (Lipinski definition) is 4. The molecule has 2 aromatic rings. The highest BCUT2D eigenvalue weighted by Gasteiger charge is 2.17. The molecule has 1 aromatic carbocycles. The van der Waals surface area contributed by atoms with Crippen LogP contribution in [-0.2, 0) is 11.2 Å². The molecule has 3 N–H and O–H groups in total. The molecule has 0 spiro atoms. The summed E-state index contributed by atoms with van der Waals surface area (Å²) in [5.41, 5.74) is 7.14. The van der Waals surface area contributed by atoms with Gasteiger partial charge in [0.2, 0.25) is 5.91 Å². The van der Waals surface area contributed by atoms with Crippen molar-refractivity contribution < 1.29 is 4.79 Å². The van der Waals surface area contributed by atoms with Gasteiger partial charge in [-0.25, -0.2) is 4.98 Å². The van der Waals surface area contributed by atoms with Gasteiger partial charge in [0.15, 0.2) is 0 Å². The van der Waals surface area contributed by atoms with Gasteiger partial charge in [-0.2, -0.15) is 0 Å². The minimum atomic E-state index is -0.488. The van der Waals surface area contributed by atoms with E-state index in [2.05, 4.69) is 10.3 Å². The van der Waals surface area contributed by atoms with Crippen LogP contribution in [0.15, 0.2) is 41.9 Å². The number of rotatable bonds is 6. The van der Waals surface area contributed by atoms with Crippen molar-refractivity contribution in [1.29, 1.82) is 0 Å². The predicted octanol–water partition coefficient (Wildman–Crippen LogP) is 2.28. The summed E-state index contributed by atoms with van der Waals surface area (Å²) in [4.78, 5) is 16.2. The monoisotopic (exact) mass is 289 g/mol. The molecular formula is C15H19N3OS. The lowest BCUT2D eigenvalue weighted by atomic mass is 10.1. The van der Waals surface area contributed by atoms with Crippen LogP contribution >= 0.6 is 11.3 Å². The number of nitrogens with zero attached hydrogens (tertiary/aromatic N) is 1. The third kappa shape index (κ3) is 4.15. The first-order chi connectivity index (χ1) is 9.66. The van der Waals surface area contributed by atoms with Gasteiger partial charge in [-0.3, -0.25) is 4.79 Å². The molecule has 0 saturated carbocycles. The van der Waals surface area contributed by atoms with Crippen molar-refractivity contribution in [3.8, 4) is 0 Å². The van der Waals surface area contributed by atoms with Crippen molar-refractivity contribution in [2.75, 3.05) is 0 Å². The van der Waals surface area contributed by atoms with Crippen LogP contribution in [-0.4, -0.2) is 16.9 Å². The lowest BCUT2D eigenvalue weighted by Gasteiger charge is -2.16. The maximum absolute atomic E-state index is 12.0. The summed E-state index contributed by atoms with van der Waals surface area (Å²) >= 11 is 1.53. The Kier molecular flexibility index (Phi) is 5.26. The van der Waals surface area contributed by atoms with Crippen LogP contribution in [0.2, 0.25) is 0 Å². The molecule has 0 saturated heterocycles. The Morgan fingerprint density at radius 3 is 2.80 bits per heavy atom. The van der Waals surface area contributed by atoms with E-state index in [1.807, 2.05) is 42.6 Å². The number of amides is 1. The molecule has 4 nitrogen and oxygen atoms in total. The zero-order valence-corrected chi connectivity index (χ0v) is 12.3.